The maximum atomic E-state index is 13.4. The van der Waals surface area contributed by atoms with E-state index in [1.54, 1.807) is 38.1 Å². The second-order valence-electron chi connectivity index (χ2n) is 11.2. The molecule has 4 aromatic rings. The van der Waals surface area contributed by atoms with E-state index in [0.29, 0.717) is 5.56 Å². The van der Waals surface area contributed by atoms with Crippen LogP contribution < -0.4 is 9.92 Å². The number of aryl methyl sites for hydroxylation is 1. The van der Waals surface area contributed by atoms with Crippen LogP contribution in [0.4, 0.5) is 0 Å². The van der Waals surface area contributed by atoms with Gasteiger partial charge in [0.05, 0.1) is 12.5 Å². The summed E-state index contributed by atoms with van der Waals surface area (Å²) in [5.74, 6) is -2.03. The van der Waals surface area contributed by atoms with E-state index in [-0.39, 0.29) is 35.7 Å². The summed E-state index contributed by atoms with van der Waals surface area (Å²) in [7, 11) is -4.06. The number of carbonyl (C=O) groups is 2. The van der Waals surface area contributed by atoms with Crippen molar-refractivity contribution in [2.75, 3.05) is 6.61 Å². The minimum absolute atomic E-state index is 0.0266. The average Bonchev–Trinajstić information content (AvgIpc) is 3.32. The fourth-order valence-electron chi connectivity index (χ4n) is 5.46. The number of rotatable bonds is 11. The molecule has 0 heterocycles. The zero-order chi connectivity index (χ0) is 31.4. The Morgan fingerprint density at radius 3 is 1.95 bits per heavy atom. The monoisotopic (exact) mass is 613 g/mol. The standard InChI is InChI=1S/C35H35NO7S/c1-22(2)42-33(37)20-31(24-14-16-25(17-15-24)43-44(39,40)26-18-12-23(3)13-19-26)34(36)35(38)41-21-32-29-10-6-4-8-27(29)28-9-5-7-11-30(28)32/h4-19,22,31-32,34H,20-21,36H2,1-3H3. The van der Waals surface area contributed by atoms with Crippen LogP contribution in [-0.2, 0) is 29.2 Å². The van der Waals surface area contributed by atoms with Crippen molar-refractivity contribution < 1.29 is 31.7 Å². The first-order valence-electron chi connectivity index (χ1n) is 14.4. The molecule has 44 heavy (non-hydrogen) atoms. The number of hydrogen-bond acceptors (Lipinski definition) is 8. The van der Waals surface area contributed by atoms with Gasteiger partial charge >= 0.3 is 22.1 Å². The minimum Gasteiger partial charge on any atom is -0.464 e. The zero-order valence-corrected chi connectivity index (χ0v) is 25.6. The van der Waals surface area contributed by atoms with Crippen LogP contribution in [0.5, 0.6) is 5.75 Å². The van der Waals surface area contributed by atoms with Gasteiger partial charge in [-0.05, 0) is 72.9 Å². The molecule has 4 aromatic carbocycles. The molecule has 5 rings (SSSR count). The number of esters is 2. The highest BCUT2D eigenvalue weighted by atomic mass is 32.2. The maximum Gasteiger partial charge on any atom is 0.339 e. The SMILES string of the molecule is Cc1ccc(S(=O)(=O)Oc2ccc(C(CC(=O)OC(C)C)C(N)C(=O)OCC3c4ccccc4-c4ccccc43)cc2)cc1. The number of nitrogens with two attached hydrogens (primary N) is 1. The molecule has 0 saturated heterocycles. The highest BCUT2D eigenvalue weighted by Crippen LogP contribution is 2.44. The lowest BCUT2D eigenvalue weighted by atomic mass is 9.88. The van der Waals surface area contributed by atoms with Gasteiger partial charge in [-0.15, -0.1) is 0 Å². The van der Waals surface area contributed by atoms with Gasteiger partial charge in [-0.3, -0.25) is 9.59 Å². The molecule has 0 fully saturated rings. The Bertz CT molecular complexity index is 1700. The Labute approximate surface area is 257 Å². The second-order valence-corrected chi connectivity index (χ2v) is 12.7. The first-order valence-corrected chi connectivity index (χ1v) is 15.9. The second kappa shape index (κ2) is 13.0. The Morgan fingerprint density at radius 1 is 0.818 bits per heavy atom. The number of carbonyl (C=O) groups excluding carboxylic acids is 2. The van der Waals surface area contributed by atoms with Gasteiger partial charge in [0.15, 0.2) is 0 Å². The van der Waals surface area contributed by atoms with Gasteiger partial charge < -0.3 is 19.4 Å². The Morgan fingerprint density at radius 2 is 1.39 bits per heavy atom. The molecule has 2 atom stereocenters. The van der Waals surface area contributed by atoms with Crippen molar-refractivity contribution in [3.63, 3.8) is 0 Å². The van der Waals surface area contributed by atoms with Crippen molar-refractivity contribution in [3.8, 4) is 16.9 Å². The predicted octanol–water partition coefficient (Wildman–Crippen LogP) is 5.87. The molecule has 9 heteroatoms. The van der Waals surface area contributed by atoms with Crippen LogP contribution in [0, 0.1) is 6.92 Å². The molecule has 2 unspecified atom stereocenters. The third-order valence-electron chi connectivity index (χ3n) is 7.64. The van der Waals surface area contributed by atoms with Crippen LogP contribution in [0.1, 0.15) is 54.4 Å². The summed E-state index contributed by atoms with van der Waals surface area (Å²) in [5, 5.41) is 0. The zero-order valence-electron chi connectivity index (χ0n) is 24.8. The third kappa shape index (κ3) is 6.85. The molecule has 0 aromatic heterocycles. The molecule has 228 valence electrons. The van der Waals surface area contributed by atoms with Crippen LogP contribution >= 0.6 is 0 Å². The molecule has 1 aliphatic rings. The average molecular weight is 614 g/mol. The summed E-state index contributed by atoms with van der Waals surface area (Å²) in [5.41, 5.74) is 12.3. The molecule has 0 radical (unpaired) electrons. The molecule has 0 bridgehead atoms. The van der Waals surface area contributed by atoms with E-state index in [4.69, 9.17) is 19.4 Å². The first kappa shape index (κ1) is 31.0. The van der Waals surface area contributed by atoms with Gasteiger partial charge in [0.1, 0.15) is 23.3 Å². The molecular formula is C35H35NO7S. The van der Waals surface area contributed by atoms with E-state index in [1.807, 2.05) is 43.3 Å². The van der Waals surface area contributed by atoms with Crippen molar-refractivity contribution in [3.05, 3.63) is 119 Å². The van der Waals surface area contributed by atoms with Crippen molar-refractivity contribution in [1.82, 2.24) is 0 Å². The minimum atomic E-state index is -4.06. The van der Waals surface area contributed by atoms with Gasteiger partial charge in [0.25, 0.3) is 0 Å². The molecule has 8 nitrogen and oxygen atoms in total. The topological polar surface area (TPSA) is 122 Å². The molecule has 0 spiro atoms. The van der Waals surface area contributed by atoms with E-state index in [1.165, 1.54) is 24.3 Å². The van der Waals surface area contributed by atoms with Gasteiger partial charge in [-0.25, -0.2) is 0 Å². The van der Waals surface area contributed by atoms with E-state index >= 15 is 0 Å². The van der Waals surface area contributed by atoms with Gasteiger partial charge in [-0.2, -0.15) is 8.42 Å². The highest BCUT2D eigenvalue weighted by Gasteiger charge is 2.33. The lowest BCUT2D eigenvalue weighted by Gasteiger charge is -2.24. The van der Waals surface area contributed by atoms with E-state index in [0.717, 1.165) is 27.8 Å². The van der Waals surface area contributed by atoms with Gasteiger partial charge in [0, 0.05) is 11.8 Å². The van der Waals surface area contributed by atoms with E-state index in [9.17, 15) is 18.0 Å². The molecule has 1 aliphatic carbocycles. The van der Waals surface area contributed by atoms with Gasteiger partial charge in [0.2, 0.25) is 0 Å². The molecule has 0 amide bonds. The van der Waals surface area contributed by atoms with Crippen molar-refractivity contribution in [1.29, 1.82) is 0 Å². The predicted molar refractivity (Wildman–Crippen MR) is 167 cm³/mol. The Hall–Kier alpha value is -4.47. The Balaban J connectivity index is 1.33. The summed E-state index contributed by atoms with van der Waals surface area (Å²) in [6.45, 7) is 5.42. The van der Waals surface area contributed by atoms with Gasteiger partial charge in [-0.1, -0.05) is 78.4 Å². The van der Waals surface area contributed by atoms with Crippen molar-refractivity contribution in [2.45, 2.75) is 56.1 Å². The van der Waals surface area contributed by atoms with Crippen molar-refractivity contribution in [2.24, 2.45) is 5.73 Å². The normalized spacial score (nSPS) is 13.9. The summed E-state index contributed by atoms with van der Waals surface area (Å²) in [6.07, 6.45) is -0.526. The molecule has 0 aliphatic heterocycles. The largest absolute Gasteiger partial charge is 0.464 e. The number of ether oxygens (including phenoxy) is 2. The number of fused-ring (bicyclic) bond motifs is 3. The number of benzene rings is 4. The van der Waals surface area contributed by atoms with Crippen LogP contribution in [0.2, 0.25) is 0 Å². The van der Waals surface area contributed by atoms with E-state index < -0.39 is 34.0 Å². The quantitative estimate of drug-likeness (QED) is 0.165. The summed E-state index contributed by atoms with van der Waals surface area (Å²) < 4.78 is 42.0. The lowest BCUT2D eigenvalue weighted by Crippen LogP contribution is -2.40. The fraction of sp³-hybridized carbons (Fsp3) is 0.257. The highest BCUT2D eigenvalue weighted by molar-refractivity contribution is 7.87. The molecule has 0 saturated carbocycles. The fourth-order valence-corrected chi connectivity index (χ4v) is 6.39. The van der Waals surface area contributed by atoms with Crippen LogP contribution in [0.3, 0.4) is 0 Å². The smallest absolute Gasteiger partial charge is 0.339 e. The van der Waals surface area contributed by atoms with Crippen LogP contribution in [0.15, 0.2) is 102 Å². The van der Waals surface area contributed by atoms with Crippen molar-refractivity contribution >= 4 is 22.1 Å². The lowest BCUT2D eigenvalue weighted by molar-refractivity contribution is -0.149. The Kier molecular flexibility index (Phi) is 9.17. The first-order chi connectivity index (χ1) is 21.0. The third-order valence-corrected chi connectivity index (χ3v) is 8.90. The van der Waals surface area contributed by atoms with Crippen LogP contribution in [0.25, 0.3) is 11.1 Å². The molecular weight excluding hydrogens is 578 g/mol. The maximum absolute atomic E-state index is 13.4. The summed E-state index contributed by atoms with van der Waals surface area (Å²) in [6, 6.07) is 27.3. The summed E-state index contributed by atoms with van der Waals surface area (Å²) in [4.78, 5) is 26.1. The van der Waals surface area contributed by atoms with E-state index in [2.05, 4.69) is 12.1 Å². The molecule has 2 N–H and O–H groups in total. The number of hydrogen-bond donors (Lipinski definition) is 1. The summed E-state index contributed by atoms with van der Waals surface area (Å²) >= 11 is 0. The van der Waals surface area contributed by atoms with Crippen LogP contribution in [-0.4, -0.2) is 39.1 Å².